The molecule has 8 rings (SSSR count). The van der Waals surface area contributed by atoms with Crippen molar-refractivity contribution in [3.05, 3.63) is 0 Å². The lowest BCUT2D eigenvalue weighted by molar-refractivity contribution is 0.0669. The molecule has 0 amide bonds. The molecule has 0 N–H and O–H groups in total. The quantitative estimate of drug-likeness (QED) is 0.0649. The summed E-state index contributed by atoms with van der Waals surface area (Å²) >= 11 is 0. The Morgan fingerprint density at radius 1 is 0.198 bits per heavy atom. The van der Waals surface area contributed by atoms with E-state index in [1.807, 2.05) is 0 Å². The lowest BCUT2D eigenvalue weighted by atomic mass is 9.61. The molecule has 0 aromatic rings. The standard InChI is InChI=1S/C81H148/c1-10-19-63-20-22-64(23-21-63)54-80(58-81(57-71(18-9)75-44-30-62(14-5)31-45-75)78-50-34-66(35-51-78)53-69(16-7)73-40-26-60(12-3)27-41-73)77-48-36-67(37-49-77)55-79(56-70(17-8)74-42-28-61(13-4)29-43-74)76-46-32-65(33-47-76)52-68(15-6)72-38-24-59(11-2)25-39-72/h59-81H,10-58H2,1-9H3. The zero-order valence-corrected chi connectivity index (χ0v) is 56.9. The third kappa shape index (κ3) is 20.3. The second kappa shape index (κ2) is 35.9. The van der Waals surface area contributed by atoms with Gasteiger partial charge in [0.25, 0.3) is 0 Å². The van der Waals surface area contributed by atoms with Crippen LogP contribution in [0.3, 0.4) is 0 Å². The molecule has 0 aromatic carbocycles. The van der Waals surface area contributed by atoms with Crippen molar-refractivity contribution >= 4 is 0 Å². The van der Waals surface area contributed by atoms with Crippen LogP contribution in [0.1, 0.15) is 377 Å². The Bertz CT molecular complexity index is 1560. The summed E-state index contributed by atoms with van der Waals surface area (Å²) in [5.74, 6) is 23.6. The van der Waals surface area contributed by atoms with Gasteiger partial charge in [0.1, 0.15) is 0 Å². The maximum absolute atomic E-state index is 2.65. The van der Waals surface area contributed by atoms with Crippen molar-refractivity contribution in [1.29, 1.82) is 0 Å². The summed E-state index contributed by atoms with van der Waals surface area (Å²) in [6.45, 7) is 22.8. The van der Waals surface area contributed by atoms with E-state index in [9.17, 15) is 0 Å². The van der Waals surface area contributed by atoms with Crippen molar-refractivity contribution in [3.8, 4) is 0 Å². The van der Waals surface area contributed by atoms with Crippen LogP contribution in [0, 0.1) is 136 Å². The normalized spacial score (nSPS) is 38.3. The average Bonchev–Trinajstić information content (AvgIpc) is 3.57. The molecule has 0 nitrogen and oxygen atoms in total. The first-order valence-corrected chi connectivity index (χ1v) is 39.7. The lowest BCUT2D eigenvalue weighted by Gasteiger charge is -2.44. The van der Waals surface area contributed by atoms with Gasteiger partial charge in [0, 0.05) is 0 Å². The van der Waals surface area contributed by atoms with Crippen LogP contribution in [0.4, 0.5) is 0 Å². The Labute approximate surface area is 510 Å². The van der Waals surface area contributed by atoms with Crippen LogP contribution >= 0.6 is 0 Å². The van der Waals surface area contributed by atoms with Gasteiger partial charge in [0.05, 0.1) is 0 Å². The van der Waals surface area contributed by atoms with Crippen molar-refractivity contribution in [2.75, 3.05) is 0 Å². The maximum Gasteiger partial charge on any atom is -0.0380 e. The zero-order valence-electron chi connectivity index (χ0n) is 56.9. The first kappa shape index (κ1) is 66.9. The topological polar surface area (TPSA) is 0 Å². The third-order valence-electron chi connectivity index (χ3n) is 29.3. The molecule has 472 valence electrons. The Morgan fingerprint density at radius 3 is 0.667 bits per heavy atom. The van der Waals surface area contributed by atoms with Crippen molar-refractivity contribution in [2.45, 2.75) is 377 Å². The fourth-order valence-electron chi connectivity index (χ4n) is 23.2. The van der Waals surface area contributed by atoms with Crippen molar-refractivity contribution < 1.29 is 0 Å². The summed E-state index contributed by atoms with van der Waals surface area (Å²) in [7, 11) is 0. The Balaban J connectivity index is 0.947. The summed E-state index contributed by atoms with van der Waals surface area (Å²) in [5, 5.41) is 0. The fourth-order valence-corrected chi connectivity index (χ4v) is 23.2. The summed E-state index contributed by atoms with van der Waals surface area (Å²) < 4.78 is 0. The molecule has 81 heavy (non-hydrogen) atoms. The van der Waals surface area contributed by atoms with Gasteiger partial charge >= 0.3 is 0 Å². The second-order valence-corrected chi connectivity index (χ2v) is 33.4. The first-order chi connectivity index (χ1) is 39.7. The molecular formula is C81H148. The number of rotatable bonds is 31. The van der Waals surface area contributed by atoms with Crippen LogP contribution in [0.2, 0.25) is 0 Å². The van der Waals surface area contributed by atoms with Crippen LogP contribution in [0.25, 0.3) is 0 Å². The van der Waals surface area contributed by atoms with E-state index in [1.165, 1.54) is 103 Å². The zero-order chi connectivity index (χ0) is 56.9. The molecule has 8 aliphatic rings. The fraction of sp³-hybridized carbons (Fsp3) is 1.00. The minimum atomic E-state index is 0.994. The van der Waals surface area contributed by atoms with Gasteiger partial charge < -0.3 is 0 Å². The molecule has 8 aliphatic carbocycles. The minimum Gasteiger partial charge on any atom is -0.0654 e. The molecule has 7 atom stereocenters. The van der Waals surface area contributed by atoms with Gasteiger partial charge in [0.15, 0.2) is 0 Å². The summed E-state index contributed by atoms with van der Waals surface area (Å²) in [6, 6.07) is 0. The van der Waals surface area contributed by atoms with E-state index in [2.05, 4.69) is 62.3 Å². The van der Waals surface area contributed by atoms with E-state index in [0.717, 1.165) is 136 Å². The van der Waals surface area contributed by atoms with Crippen molar-refractivity contribution in [3.63, 3.8) is 0 Å². The highest BCUT2D eigenvalue weighted by molar-refractivity contribution is 4.92. The van der Waals surface area contributed by atoms with Gasteiger partial charge in [-0.15, -0.1) is 0 Å². The molecule has 8 saturated carbocycles. The first-order valence-electron chi connectivity index (χ1n) is 39.7. The molecule has 0 aromatic heterocycles. The Morgan fingerprint density at radius 2 is 0.395 bits per heavy atom. The van der Waals surface area contributed by atoms with E-state index in [0.29, 0.717) is 0 Å². The molecular weight excluding hydrogens is 973 g/mol. The van der Waals surface area contributed by atoms with Crippen molar-refractivity contribution in [1.82, 2.24) is 0 Å². The van der Waals surface area contributed by atoms with Crippen LogP contribution in [-0.2, 0) is 0 Å². The van der Waals surface area contributed by atoms with Gasteiger partial charge in [-0.05, 0) is 271 Å². The van der Waals surface area contributed by atoms with Crippen molar-refractivity contribution in [2.24, 2.45) is 136 Å². The highest BCUT2D eigenvalue weighted by atomic mass is 14.5. The van der Waals surface area contributed by atoms with Gasteiger partial charge in [0.2, 0.25) is 0 Å². The number of hydrogen-bond acceptors (Lipinski definition) is 0. The molecule has 0 saturated heterocycles. The van der Waals surface area contributed by atoms with Crippen LogP contribution < -0.4 is 0 Å². The molecule has 0 heterocycles. The van der Waals surface area contributed by atoms with Gasteiger partial charge in [-0.2, -0.15) is 0 Å². The smallest absolute Gasteiger partial charge is 0.0380 e. The van der Waals surface area contributed by atoms with E-state index >= 15 is 0 Å². The largest absolute Gasteiger partial charge is 0.0654 e. The molecule has 7 unspecified atom stereocenters. The highest BCUT2D eigenvalue weighted by Crippen LogP contribution is 2.53. The van der Waals surface area contributed by atoms with Crippen LogP contribution in [0.15, 0.2) is 0 Å². The van der Waals surface area contributed by atoms with E-state index in [1.54, 1.807) is 212 Å². The van der Waals surface area contributed by atoms with E-state index in [-0.39, 0.29) is 0 Å². The number of hydrogen-bond donors (Lipinski definition) is 0. The monoisotopic (exact) mass is 1120 g/mol. The highest BCUT2D eigenvalue weighted by Gasteiger charge is 2.41. The summed E-state index contributed by atoms with van der Waals surface area (Å²) in [4.78, 5) is 0. The molecule has 0 radical (unpaired) electrons. The third-order valence-corrected chi connectivity index (χ3v) is 29.3. The van der Waals surface area contributed by atoms with Gasteiger partial charge in [-0.1, -0.05) is 242 Å². The molecule has 0 heteroatoms. The van der Waals surface area contributed by atoms with Crippen LogP contribution in [0.5, 0.6) is 0 Å². The summed E-state index contributed by atoms with van der Waals surface area (Å²) in [5.41, 5.74) is 0. The average molecular weight is 1120 g/mol. The summed E-state index contributed by atoms with van der Waals surface area (Å²) in [6.07, 6.45) is 75.8. The predicted molar refractivity (Wildman–Crippen MR) is 358 cm³/mol. The minimum absolute atomic E-state index is 0.994. The van der Waals surface area contributed by atoms with Gasteiger partial charge in [-0.3, -0.25) is 0 Å². The van der Waals surface area contributed by atoms with Crippen LogP contribution in [-0.4, -0.2) is 0 Å². The Hall–Kier alpha value is 0. The molecule has 0 aliphatic heterocycles. The predicted octanol–water partition coefficient (Wildman–Crippen LogP) is 26.6. The second-order valence-electron chi connectivity index (χ2n) is 33.4. The molecule has 0 spiro atoms. The van der Waals surface area contributed by atoms with Gasteiger partial charge in [-0.25, -0.2) is 0 Å². The van der Waals surface area contributed by atoms with E-state index in [4.69, 9.17) is 0 Å². The molecule has 8 fully saturated rings. The molecule has 0 bridgehead atoms. The SMILES string of the molecule is CCCC1CCC(CC(CC(CC(CC)C2CCC(CC)CC2)C2CCC(CC(CC)C3CCC(CC)CC3)CC2)C2CCC(CC(CC(CC)C3CCC(CC)CC3)C3CCC(CC(CC)C4CCC(CC)CC4)CC3)CC2)CC1. The van der Waals surface area contributed by atoms with E-state index < -0.39 is 0 Å². The Kier molecular flexibility index (Phi) is 29.6. The maximum atomic E-state index is 2.65. The lowest BCUT2D eigenvalue weighted by Crippen LogP contribution is -2.33.